The van der Waals surface area contributed by atoms with Gasteiger partial charge in [-0.1, -0.05) is 83.6 Å². The molecule has 0 atom stereocenters. The minimum Gasteiger partial charge on any atom is -0.463 e. The van der Waals surface area contributed by atoms with Crippen LogP contribution in [0.25, 0.3) is 0 Å². The molecule has 1 aromatic carbocycles. The van der Waals surface area contributed by atoms with Crippen molar-refractivity contribution < 1.29 is 19.1 Å². The number of aryl methyl sites for hydroxylation is 2. The molecule has 4 heteroatoms. The first-order chi connectivity index (χ1) is 14.5. The van der Waals surface area contributed by atoms with Crippen LogP contribution in [0, 0.1) is 13.8 Å². The summed E-state index contributed by atoms with van der Waals surface area (Å²) in [6.45, 7) is 6.52. The molecule has 0 heterocycles. The SMILES string of the molecule is CCCCCCCCCCCCCCOC(=O)/C=C/C(=O)Oc1cc(C)cc(C)c1. The highest BCUT2D eigenvalue weighted by Gasteiger charge is 2.04. The van der Waals surface area contributed by atoms with Crippen molar-refractivity contribution >= 4 is 11.9 Å². The lowest BCUT2D eigenvalue weighted by Crippen LogP contribution is -2.07. The van der Waals surface area contributed by atoms with Crippen molar-refractivity contribution in [2.24, 2.45) is 0 Å². The molecule has 0 aromatic heterocycles. The van der Waals surface area contributed by atoms with Gasteiger partial charge in [-0.3, -0.25) is 0 Å². The summed E-state index contributed by atoms with van der Waals surface area (Å²) in [4.78, 5) is 23.5. The number of esters is 2. The van der Waals surface area contributed by atoms with Crippen molar-refractivity contribution in [2.45, 2.75) is 97.8 Å². The van der Waals surface area contributed by atoms with Crippen molar-refractivity contribution in [2.75, 3.05) is 6.61 Å². The zero-order valence-corrected chi connectivity index (χ0v) is 19.2. The van der Waals surface area contributed by atoms with E-state index in [9.17, 15) is 9.59 Å². The Kier molecular flexibility index (Phi) is 14.4. The van der Waals surface area contributed by atoms with E-state index in [0.29, 0.717) is 12.4 Å². The van der Waals surface area contributed by atoms with Crippen LogP contribution in [0.15, 0.2) is 30.4 Å². The topological polar surface area (TPSA) is 52.6 Å². The number of carbonyl (C=O) groups is 2. The summed E-state index contributed by atoms with van der Waals surface area (Å²) >= 11 is 0. The van der Waals surface area contributed by atoms with E-state index < -0.39 is 11.9 Å². The van der Waals surface area contributed by atoms with Crippen LogP contribution in [0.4, 0.5) is 0 Å². The number of hydrogen-bond donors (Lipinski definition) is 0. The van der Waals surface area contributed by atoms with E-state index in [1.807, 2.05) is 19.9 Å². The lowest BCUT2D eigenvalue weighted by molar-refractivity contribution is -0.138. The van der Waals surface area contributed by atoms with Crippen molar-refractivity contribution in [3.63, 3.8) is 0 Å². The zero-order valence-electron chi connectivity index (χ0n) is 19.2. The molecule has 0 N–H and O–H groups in total. The van der Waals surface area contributed by atoms with E-state index >= 15 is 0 Å². The predicted octanol–water partition coefficient (Wildman–Crippen LogP) is 7.01. The van der Waals surface area contributed by atoms with E-state index in [4.69, 9.17) is 9.47 Å². The number of unbranched alkanes of at least 4 members (excludes halogenated alkanes) is 11. The summed E-state index contributed by atoms with van der Waals surface area (Å²) in [6.07, 6.45) is 17.5. The number of hydrogen-bond acceptors (Lipinski definition) is 4. The molecule has 0 amide bonds. The van der Waals surface area contributed by atoms with Crippen molar-refractivity contribution in [1.82, 2.24) is 0 Å². The van der Waals surface area contributed by atoms with Gasteiger partial charge in [-0.2, -0.15) is 0 Å². The van der Waals surface area contributed by atoms with Gasteiger partial charge in [0.1, 0.15) is 5.75 Å². The maximum atomic E-state index is 11.8. The Labute approximate surface area is 183 Å². The standard InChI is InChI=1S/C26H40O4/c1-4-5-6-7-8-9-10-11-12-13-14-15-18-29-25(27)16-17-26(28)30-24-20-22(2)19-23(3)21-24/h16-17,19-21H,4-15,18H2,1-3H3/b17-16+. The molecule has 168 valence electrons. The fourth-order valence-electron chi connectivity index (χ4n) is 3.44. The molecule has 30 heavy (non-hydrogen) atoms. The van der Waals surface area contributed by atoms with Crippen LogP contribution in [-0.4, -0.2) is 18.5 Å². The van der Waals surface area contributed by atoms with E-state index in [2.05, 4.69) is 6.92 Å². The smallest absolute Gasteiger partial charge is 0.336 e. The molecule has 1 rings (SSSR count). The molecule has 0 bridgehead atoms. The second-order valence-corrected chi connectivity index (χ2v) is 8.13. The van der Waals surface area contributed by atoms with E-state index in [-0.39, 0.29) is 0 Å². The Morgan fingerprint density at radius 3 is 1.70 bits per heavy atom. The summed E-state index contributed by atoms with van der Waals surface area (Å²) in [6, 6.07) is 5.56. The Bertz CT molecular complexity index is 628. The third-order valence-electron chi connectivity index (χ3n) is 5.01. The predicted molar refractivity (Wildman–Crippen MR) is 123 cm³/mol. The summed E-state index contributed by atoms with van der Waals surface area (Å²) in [5, 5.41) is 0. The number of rotatable bonds is 16. The Morgan fingerprint density at radius 2 is 1.17 bits per heavy atom. The molecule has 0 saturated carbocycles. The molecular weight excluding hydrogens is 376 g/mol. The van der Waals surface area contributed by atoms with Gasteiger partial charge < -0.3 is 9.47 Å². The summed E-state index contributed by atoms with van der Waals surface area (Å²) in [5.41, 5.74) is 2.03. The fourth-order valence-corrected chi connectivity index (χ4v) is 3.44. The minimum atomic E-state index is -0.581. The minimum absolute atomic E-state index is 0.396. The summed E-state index contributed by atoms with van der Waals surface area (Å²) in [7, 11) is 0. The summed E-state index contributed by atoms with van der Waals surface area (Å²) < 4.78 is 10.4. The van der Waals surface area contributed by atoms with Crippen molar-refractivity contribution in [1.29, 1.82) is 0 Å². The zero-order chi connectivity index (χ0) is 22.0. The van der Waals surface area contributed by atoms with Gasteiger partial charge in [0.05, 0.1) is 6.61 Å². The van der Waals surface area contributed by atoms with Gasteiger partial charge >= 0.3 is 11.9 Å². The molecule has 1 aromatic rings. The number of carbonyl (C=O) groups excluding carboxylic acids is 2. The van der Waals surface area contributed by atoms with Crippen LogP contribution < -0.4 is 4.74 Å². The Hall–Kier alpha value is -2.10. The molecule has 0 saturated heterocycles. The number of benzene rings is 1. The Balaban J connectivity index is 2.00. The van der Waals surface area contributed by atoms with Crippen LogP contribution in [0.1, 0.15) is 95.1 Å². The molecule has 4 nitrogen and oxygen atoms in total. The monoisotopic (exact) mass is 416 g/mol. The lowest BCUT2D eigenvalue weighted by Gasteiger charge is -2.05. The van der Waals surface area contributed by atoms with Gasteiger partial charge in [-0.15, -0.1) is 0 Å². The van der Waals surface area contributed by atoms with E-state index in [0.717, 1.165) is 36.1 Å². The van der Waals surface area contributed by atoms with Crippen LogP contribution in [0.3, 0.4) is 0 Å². The van der Waals surface area contributed by atoms with Gasteiger partial charge in [0.2, 0.25) is 0 Å². The van der Waals surface area contributed by atoms with Gasteiger partial charge in [-0.05, 0) is 43.5 Å². The van der Waals surface area contributed by atoms with Gasteiger partial charge in [0, 0.05) is 12.2 Å². The van der Waals surface area contributed by atoms with Crippen LogP contribution in [-0.2, 0) is 14.3 Å². The third-order valence-corrected chi connectivity index (χ3v) is 5.01. The second-order valence-electron chi connectivity index (χ2n) is 8.13. The molecule has 0 aliphatic rings. The molecule has 0 spiro atoms. The highest BCUT2D eigenvalue weighted by molar-refractivity contribution is 5.92. The average Bonchev–Trinajstić information content (AvgIpc) is 2.69. The molecule has 0 radical (unpaired) electrons. The second kappa shape index (κ2) is 16.7. The maximum absolute atomic E-state index is 11.8. The van der Waals surface area contributed by atoms with Crippen LogP contribution >= 0.6 is 0 Å². The molecule has 0 unspecified atom stereocenters. The van der Waals surface area contributed by atoms with Crippen molar-refractivity contribution in [3.8, 4) is 5.75 Å². The molecular formula is C26H40O4. The number of ether oxygens (including phenoxy) is 2. The highest BCUT2D eigenvalue weighted by Crippen LogP contribution is 2.16. The van der Waals surface area contributed by atoms with Gasteiger partial charge in [0.25, 0.3) is 0 Å². The van der Waals surface area contributed by atoms with E-state index in [1.165, 1.54) is 64.2 Å². The normalized spacial score (nSPS) is 11.0. The van der Waals surface area contributed by atoms with Gasteiger partial charge in [-0.25, -0.2) is 9.59 Å². The lowest BCUT2D eigenvalue weighted by atomic mass is 10.1. The largest absolute Gasteiger partial charge is 0.463 e. The maximum Gasteiger partial charge on any atom is 0.336 e. The first-order valence-electron chi connectivity index (χ1n) is 11.7. The summed E-state index contributed by atoms with van der Waals surface area (Å²) in [5.74, 6) is -0.607. The van der Waals surface area contributed by atoms with Crippen LogP contribution in [0.5, 0.6) is 5.75 Å². The van der Waals surface area contributed by atoms with E-state index in [1.54, 1.807) is 12.1 Å². The fraction of sp³-hybridized carbons (Fsp3) is 0.615. The Morgan fingerprint density at radius 1 is 0.700 bits per heavy atom. The van der Waals surface area contributed by atoms with Crippen LogP contribution in [0.2, 0.25) is 0 Å². The first kappa shape index (κ1) is 25.9. The average molecular weight is 417 g/mol. The van der Waals surface area contributed by atoms with Gasteiger partial charge in [0.15, 0.2) is 0 Å². The highest BCUT2D eigenvalue weighted by atomic mass is 16.5. The quantitative estimate of drug-likeness (QED) is 0.126. The molecule has 0 aliphatic heterocycles. The molecule has 0 aliphatic carbocycles. The third kappa shape index (κ3) is 14.0. The molecule has 0 fully saturated rings. The first-order valence-corrected chi connectivity index (χ1v) is 11.7. The van der Waals surface area contributed by atoms with Crippen molar-refractivity contribution in [3.05, 3.63) is 41.5 Å².